The monoisotopic (exact) mass is 347 g/mol. The van der Waals surface area contributed by atoms with Crippen LogP contribution in [0.3, 0.4) is 0 Å². The van der Waals surface area contributed by atoms with Crippen molar-refractivity contribution >= 4 is 0 Å². The van der Waals surface area contributed by atoms with Crippen LogP contribution in [0, 0.1) is 23.2 Å². The minimum absolute atomic E-state index is 0.720. The molecule has 0 saturated carbocycles. The zero-order valence-electron chi connectivity index (χ0n) is 15.9. The predicted molar refractivity (Wildman–Crippen MR) is 106 cm³/mol. The molecule has 0 spiro atoms. The van der Waals surface area contributed by atoms with Crippen molar-refractivity contribution in [2.75, 3.05) is 13.1 Å². The van der Waals surface area contributed by atoms with Gasteiger partial charge in [0.05, 0.1) is 11.6 Å². The van der Waals surface area contributed by atoms with E-state index in [0.29, 0.717) is 0 Å². The molecule has 0 unspecified atom stereocenters. The number of nitrogens with zero attached hydrogens (tertiary/aromatic N) is 2. The molecule has 3 rings (SSSR count). The molecule has 0 radical (unpaired) electrons. The fourth-order valence-corrected chi connectivity index (χ4v) is 4.14. The zero-order valence-corrected chi connectivity index (χ0v) is 15.9. The standard InChI is InChI=1S/C23H29N3/c1-18-10-19(2)16-26(15-18)17-23-9-4-3-8-22(23)14-25-13-21-7-5-6-20(11-21)12-24/h3-9,11,18-19,25H,10,13-17H2,1-2H3/t18-,19-/m1/s1. The molecule has 136 valence electrons. The molecule has 2 aromatic rings. The normalized spacial score (nSPS) is 20.7. The minimum Gasteiger partial charge on any atom is -0.309 e. The van der Waals surface area contributed by atoms with Crippen LogP contribution in [0.2, 0.25) is 0 Å². The number of nitriles is 1. The van der Waals surface area contributed by atoms with Gasteiger partial charge < -0.3 is 5.32 Å². The van der Waals surface area contributed by atoms with Crippen molar-refractivity contribution in [3.05, 3.63) is 70.8 Å². The Bertz CT molecular complexity index is 752. The van der Waals surface area contributed by atoms with E-state index < -0.39 is 0 Å². The maximum absolute atomic E-state index is 9.02. The van der Waals surface area contributed by atoms with Gasteiger partial charge in [-0.25, -0.2) is 0 Å². The highest BCUT2D eigenvalue weighted by Gasteiger charge is 2.22. The van der Waals surface area contributed by atoms with E-state index in [1.165, 1.54) is 30.6 Å². The number of piperidine rings is 1. The lowest BCUT2D eigenvalue weighted by molar-refractivity contribution is 0.134. The molecule has 1 N–H and O–H groups in total. The molecule has 0 aliphatic carbocycles. The van der Waals surface area contributed by atoms with Gasteiger partial charge in [-0.05, 0) is 47.1 Å². The molecule has 1 aliphatic heterocycles. The number of hydrogen-bond acceptors (Lipinski definition) is 3. The lowest BCUT2D eigenvalue weighted by Crippen LogP contribution is -2.38. The van der Waals surface area contributed by atoms with Crippen LogP contribution in [0.15, 0.2) is 48.5 Å². The molecule has 1 aliphatic rings. The maximum Gasteiger partial charge on any atom is 0.0991 e. The summed E-state index contributed by atoms with van der Waals surface area (Å²) in [5.41, 5.74) is 4.67. The molecule has 0 bridgehead atoms. The van der Waals surface area contributed by atoms with Gasteiger partial charge in [-0.3, -0.25) is 4.90 Å². The van der Waals surface area contributed by atoms with E-state index in [9.17, 15) is 0 Å². The molecule has 0 amide bonds. The first-order valence-electron chi connectivity index (χ1n) is 9.63. The molecular formula is C23H29N3. The van der Waals surface area contributed by atoms with Crippen LogP contribution >= 0.6 is 0 Å². The van der Waals surface area contributed by atoms with Crippen LogP contribution in [0.4, 0.5) is 0 Å². The summed E-state index contributed by atoms with van der Waals surface area (Å²) >= 11 is 0. The number of nitrogens with one attached hydrogen (secondary N) is 1. The number of hydrogen-bond donors (Lipinski definition) is 1. The highest BCUT2D eigenvalue weighted by molar-refractivity contribution is 5.33. The van der Waals surface area contributed by atoms with Crippen LogP contribution in [0.25, 0.3) is 0 Å². The molecular weight excluding hydrogens is 318 g/mol. The van der Waals surface area contributed by atoms with Gasteiger partial charge in [0.2, 0.25) is 0 Å². The lowest BCUT2D eigenvalue weighted by Gasteiger charge is -2.35. The summed E-state index contributed by atoms with van der Waals surface area (Å²) in [5.74, 6) is 1.58. The highest BCUT2D eigenvalue weighted by atomic mass is 15.1. The van der Waals surface area contributed by atoms with Crippen LogP contribution in [0.5, 0.6) is 0 Å². The molecule has 2 aromatic carbocycles. The third-order valence-electron chi connectivity index (χ3n) is 5.16. The van der Waals surface area contributed by atoms with E-state index in [1.807, 2.05) is 18.2 Å². The van der Waals surface area contributed by atoms with Gasteiger partial charge in [-0.2, -0.15) is 5.26 Å². The van der Waals surface area contributed by atoms with Crippen molar-refractivity contribution in [2.24, 2.45) is 11.8 Å². The van der Waals surface area contributed by atoms with E-state index in [2.05, 4.69) is 60.5 Å². The fraction of sp³-hybridized carbons (Fsp3) is 0.435. The van der Waals surface area contributed by atoms with Gasteiger partial charge in [-0.15, -0.1) is 0 Å². The summed E-state index contributed by atoms with van der Waals surface area (Å²) in [7, 11) is 0. The zero-order chi connectivity index (χ0) is 18.4. The Hall–Kier alpha value is -2.15. The Morgan fingerprint density at radius 3 is 2.46 bits per heavy atom. The van der Waals surface area contributed by atoms with E-state index >= 15 is 0 Å². The van der Waals surface area contributed by atoms with E-state index in [-0.39, 0.29) is 0 Å². The third-order valence-corrected chi connectivity index (χ3v) is 5.16. The average Bonchev–Trinajstić information content (AvgIpc) is 2.62. The molecule has 1 saturated heterocycles. The lowest BCUT2D eigenvalue weighted by atomic mass is 9.91. The average molecular weight is 348 g/mol. The van der Waals surface area contributed by atoms with Gasteiger partial charge in [0.15, 0.2) is 0 Å². The number of rotatable bonds is 6. The van der Waals surface area contributed by atoms with Gasteiger partial charge >= 0.3 is 0 Å². The molecule has 2 atom stereocenters. The van der Waals surface area contributed by atoms with Gasteiger partial charge in [0.1, 0.15) is 0 Å². The summed E-state index contributed by atoms with van der Waals surface area (Å²) in [5, 5.41) is 12.6. The quantitative estimate of drug-likeness (QED) is 0.845. The Kier molecular flexibility index (Phi) is 6.44. The predicted octanol–water partition coefficient (Wildman–Crippen LogP) is 4.33. The topological polar surface area (TPSA) is 39.1 Å². The molecule has 0 aromatic heterocycles. The first-order chi connectivity index (χ1) is 12.6. The first kappa shape index (κ1) is 18.6. The van der Waals surface area contributed by atoms with E-state index in [0.717, 1.165) is 42.6 Å². The summed E-state index contributed by atoms with van der Waals surface area (Å²) in [6.07, 6.45) is 1.35. The molecule has 1 heterocycles. The summed E-state index contributed by atoms with van der Waals surface area (Å²) < 4.78 is 0. The molecule has 1 fully saturated rings. The van der Waals surface area contributed by atoms with Crippen LogP contribution < -0.4 is 5.32 Å². The van der Waals surface area contributed by atoms with Crippen LogP contribution in [-0.4, -0.2) is 18.0 Å². The first-order valence-corrected chi connectivity index (χ1v) is 9.63. The second kappa shape index (κ2) is 8.98. The summed E-state index contributed by atoms with van der Waals surface area (Å²) in [6.45, 7) is 9.81. The fourth-order valence-electron chi connectivity index (χ4n) is 4.14. The molecule has 26 heavy (non-hydrogen) atoms. The van der Waals surface area contributed by atoms with Crippen molar-refractivity contribution in [1.29, 1.82) is 5.26 Å². The van der Waals surface area contributed by atoms with Crippen molar-refractivity contribution in [1.82, 2.24) is 10.2 Å². The maximum atomic E-state index is 9.02. The van der Waals surface area contributed by atoms with Crippen LogP contribution in [-0.2, 0) is 19.6 Å². The van der Waals surface area contributed by atoms with Crippen LogP contribution in [0.1, 0.15) is 42.5 Å². The third kappa shape index (κ3) is 5.17. The van der Waals surface area contributed by atoms with Gasteiger partial charge in [-0.1, -0.05) is 50.2 Å². The Morgan fingerprint density at radius 2 is 1.73 bits per heavy atom. The van der Waals surface area contributed by atoms with E-state index in [4.69, 9.17) is 5.26 Å². The van der Waals surface area contributed by atoms with Gasteiger partial charge in [0.25, 0.3) is 0 Å². The number of likely N-dealkylation sites (tertiary alicyclic amines) is 1. The van der Waals surface area contributed by atoms with E-state index in [1.54, 1.807) is 0 Å². The second-order valence-electron chi connectivity index (χ2n) is 7.82. The van der Waals surface area contributed by atoms with Crippen molar-refractivity contribution in [2.45, 2.75) is 39.9 Å². The Labute approximate surface area is 157 Å². The number of benzene rings is 2. The minimum atomic E-state index is 0.720. The highest BCUT2D eigenvalue weighted by Crippen LogP contribution is 2.23. The van der Waals surface area contributed by atoms with Crippen molar-refractivity contribution in [3.8, 4) is 6.07 Å². The van der Waals surface area contributed by atoms with Gasteiger partial charge in [0, 0.05) is 32.7 Å². The summed E-state index contributed by atoms with van der Waals surface area (Å²) in [6, 6.07) is 18.8. The Morgan fingerprint density at radius 1 is 1.00 bits per heavy atom. The Balaban J connectivity index is 1.59. The van der Waals surface area contributed by atoms with Crippen molar-refractivity contribution in [3.63, 3.8) is 0 Å². The van der Waals surface area contributed by atoms with Crippen molar-refractivity contribution < 1.29 is 0 Å². The second-order valence-corrected chi connectivity index (χ2v) is 7.82. The summed E-state index contributed by atoms with van der Waals surface area (Å²) in [4.78, 5) is 2.61. The molecule has 3 heteroatoms. The molecule has 3 nitrogen and oxygen atoms in total. The SMILES string of the molecule is C[C@@H]1C[C@@H](C)CN(Cc2ccccc2CNCc2cccc(C#N)c2)C1. The largest absolute Gasteiger partial charge is 0.309 e. The smallest absolute Gasteiger partial charge is 0.0991 e.